The summed E-state index contributed by atoms with van der Waals surface area (Å²) in [7, 11) is 0. The predicted octanol–water partition coefficient (Wildman–Crippen LogP) is 2.97. The van der Waals surface area contributed by atoms with E-state index in [0.717, 1.165) is 38.9 Å². The van der Waals surface area contributed by atoms with Crippen LogP contribution in [0.5, 0.6) is 0 Å². The first kappa shape index (κ1) is 14.6. The molecule has 3 heteroatoms. The second-order valence-electron chi connectivity index (χ2n) is 6.63. The molecule has 1 fully saturated rings. The molecule has 1 saturated heterocycles. The first-order valence-electron chi connectivity index (χ1n) is 8.26. The lowest BCUT2D eigenvalue weighted by Crippen LogP contribution is -2.36. The third-order valence-corrected chi connectivity index (χ3v) is 4.92. The molecule has 0 saturated carbocycles. The number of carbonyl (C=O) groups excluding carboxylic acids is 1. The quantitative estimate of drug-likeness (QED) is 0.926. The lowest BCUT2D eigenvalue weighted by molar-refractivity contribution is -0.119. The van der Waals surface area contributed by atoms with E-state index < -0.39 is 0 Å². The van der Waals surface area contributed by atoms with Crippen LogP contribution < -0.4 is 10.2 Å². The minimum atomic E-state index is 0.313. The van der Waals surface area contributed by atoms with Gasteiger partial charge in [0.15, 0.2) is 0 Å². The van der Waals surface area contributed by atoms with Gasteiger partial charge in [0.05, 0.1) is 0 Å². The lowest BCUT2D eigenvalue weighted by Gasteiger charge is -2.31. The van der Waals surface area contributed by atoms with Crippen LogP contribution in [0.4, 0.5) is 5.69 Å². The SMILES string of the molecule is Cc1cc(C)c2c(c1)N(C(=O)CCC1CCNC1)CCC2. The maximum Gasteiger partial charge on any atom is 0.226 e. The van der Waals surface area contributed by atoms with Crippen LogP contribution in [0.3, 0.4) is 0 Å². The summed E-state index contributed by atoms with van der Waals surface area (Å²) in [6.07, 6.45) is 5.15. The van der Waals surface area contributed by atoms with E-state index in [4.69, 9.17) is 0 Å². The summed E-state index contributed by atoms with van der Waals surface area (Å²) < 4.78 is 0. The van der Waals surface area contributed by atoms with Gasteiger partial charge in [0, 0.05) is 18.7 Å². The molecule has 2 aliphatic heterocycles. The Bertz CT molecular complexity index is 532. The average molecular weight is 286 g/mol. The third-order valence-electron chi connectivity index (χ3n) is 4.92. The first-order valence-corrected chi connectivity index (χ1v) is 8.26. The molecule has 1 atom stereocenters. The fourth-order valence-electron chi connectivity index (χ4n) is 3.76. The highest BCUT2D eigenvalue weighted by molar-refractivity contribution is 5.94. The van der Waals surface area contributed by atoms with E-state index in [1.807, 2.05) is 4.90 Å². The van der Waals surface area contributed by atoms with E-state index in [-0.39, 0.29) is 0 Å². The van der Waals surface area contributed by atoms with Crippen LogP contribution in [0, 0.1) is 19.8 Å². The van der Waals surface area contributed by atoms with Gasteiger partial charge in [-0.2, -0.15) is 0 Å². The van der Waals surface area contributed by atoms with Gasteiger partial charge < -0.3 is 10.2 Å². The molecule has 0 aliphatic carbocycles. The number of benzene rings is 1. The minimum absolute atomic E-state index is 0.313. The predicted molar refractivity (Wildman–Crippen MR) is 86.8 cm³/mol. The van der Waals surface area contributed by atoms with Crippen LogP contribution in [-0.4, -0.2) is 25.5 Å². The largest absolute Gasteiger partial charge is 0.316 e. The van der Waals surface area contributed by atoms with Gasteiger partial charge in [0.1, 0.15) is 0 Å². The second-order valence-corrected chi connectivity index (χ2v) is 6.63. The summed E-state index contributed by atoms with van der Waals surface area (Å²) in [5, 5.41) is 3.38. The number of aryl methyl sites for hydroxylation is 2. The van der Waals surface area contributed by atoms with Crippen molar-refractivity contribution in [2.24, 2.45) is 5.92 Å². The molecule has 2 aliphatic rings. The fourth-order valence-corrected chi connectivity index (χ4v) is 3.76. The number of rotatable bonds is 3. The van der Waals surface area contributed by atoms with E-state index in [2.05, 4.69) is 31.3 Å². The van der Waals surface area contributed by atoms with Crippen molar-refractivity contribution in [3.05, 3.63) is 28.8 Å². The highest BCUT2D eigenvalue weighted by Gasteiger charge is 2.25. The Labute approximate surface area is 127 Å². The number of nitrogens with zero attached hydrogens (tertiary/aromatic N) is 1. The monoisotopic (exact) mass is 286 g/mol. The summed E-state index contributed by atoms with van der Waals surface area (Å²) in [4.78, 5) is 14.7. The number of hydrogen-bond acceptors (Lipinski definition) is 2. The highest BCUT2D eigenvalue weighted by Crippen LogP contribution is 2.32. The van der Waals surface area contributed by atoms with Crippen molar-refractivity contribution >= 4 is 11.6 Å². The number of nitrogens with one attached hydrogen (secondary N) is 1. The van der Waals surface area contributed by atoms with Gasteiger partial charge in [0.25, 0.3) is 0 Å². The zero-order chi connectivity index (χ0) is 14.8. The van der Waals surface area contributed by atoms with Gasteiger partial charge in [-0.25, -0.2) is 0 Å². The zero-order valence-corrected chi connectivity index (χ0v) is 13.2. The van der Waals surface area contributed by atoms with Crippen LogP contribution in [0.25, 0.3) is 0 Å². The molecule has 0 bridgehead atoms. The van der Waals surface area contributed by atoms with E-state index in [9.17, 15) is 4.79 Å². The van der Waals surface area contributed by atoms with Crippen LogP contribution in [0.1, 0.15) is 42.4 Å². The van der Waals surface area contributed by atoms with Gasteiger partial charge in [-0.1, -0.05) is 6.07 Å². The first-order chi connectivity index (χ1) is 10.1. The normalized spacial score (nSPS) is 21.4. The zero-order valence-electron chi connectivity index (χ0n) is 13.2. The molecule has 1 amide bonds. The molecule has 0 aromatic heterocycles. The minimum Gasteiger partial charge on any atom is -0.316 e. The smallest absolute Gasteiger partial charge is 0.226 e. The molecule has 1 aromatic rings. The molecule has 0 radical (unpaired) electrons. The van der Waals surface area contributed by atoms with E-state index >= 15 is 0 Å². The molecule has 3 rings (SSSR count). The summed E-state index contributed by atoms with van der Waals surface area (Å²) in [5.41, 5.74) is 5.14. The Morgan fingerprint density at radius 1 is 1.38 bits per heavy atom. The molecular formula is C18H26N2O. The Morgan fingerprint density at radius 3 is 3.00 bits per heavy atom. The van der Waals surface area contributed by atoms with Gasteiger partial charge in [-0.3, -0.25) is 4.79 Å². The highest BCUT2D eigenvalue weighted by atomic mass is 16.2. The summed E-state index contributed by atoms with van der Waals surface area (Å²) in [5.74, 6) is 1.00. The maximum atomic E-state index is 12.6. The van der Waals surface area contributed by atoms with E-state index in [1.54, 1.807) is 0 Å². The average Bonchev–Trinajstić information content (AvgIpc) is 2.97. The van der Waals surface area contributed by atoms with Gasteiger partial charge in [-0.15, -0.1) is 0 Å². The van der Waals surface area contributed by atoms with Gasteiger partial charge in [0.2, 0.25) is 5.91 Å². The molecule has 3 nitrogen and oxygen atoms in total. The number of fused-ring (bicyclic) bond motifs is 1. The molecule has 1 N–H and O–H groups in total. The Kier molecular flexibility index (Phi) is 4.29. The Morgan fingerprint density at radius 2 is 2.24 bits per heavy atom. The number of anilines is 1. The third kappa shape index (κ3) is 3.13. The van der Waals surface area contributed by atoms with Crippen LogP contribution in [0.15, 0.2) is 12.1 Å². The molecule has 0 spiro atoms. The Hall–Kier alpha value is -1.35. The molecule has 21 heavy (non-hydrogen) atoms. The molecule has 114 valence electrons. The van der Waals surface area contributed by atoms with E-state index in [1.165, 1.54) is 28.8 Å². The number of carbonyl (C=O) groups is 1. The van der Waals surface area contributed by atoms with Gasteiger partial charge >= 0.3 is 0 Å². The van der Waals surface area contributed by atoms with Crippen molar-refractivity contribution in [1.82, 2.24) is 5.32 Å². The van der Waals surface area contributed by atoms with Crippen molar-refractivity contribution in [2.75, 3.05) is 24.5 Å². The standard InChI is InChI=1S/C18H26N2O/c1-13-10-14(2)16-4-3-9-20(17(16)11-13)18(21)6-5-15-7-8-19-12-15/h10-11,15,19H,3-9,12H2,1-2H3. The lowest BCUT2D eigenvalue weighted by atomic mass is 9.94. The number of hydrogen-bond donors (Lipinski definition) is 1. The van der Waals surface area contributed by atoms with Crippen LogP contribution in [-0.2, 0) is 11.2 Å². The molecule has 2 heterocycles. The summed E-state index contributed by atoms with van der Waals surface area (Å²) in [6.45, 7) is 7.38. The summed E-state index contributed by atoms with van der Waals surface area (Å²) >= 11 is 0. The molecular weight excluding hydrogens is 260 g/mol. The molecule has 1 unspecified atom stereocenters. The summed E-state index contributed by atoms with van der Waals surface area (Å²) in [6, 6.07) is 4.42. The maximum absolute atomic E-state index is 12.6. The Balaban J connectivity index is 1.73. The fraction of sp³-hybridized carbons (Fsp3) is 0.611. The molecule has 1 aromatic carbocycles. The van der Waals surface area contributed by atoms with Crippen molar-refractivity contribution in [2.45, 2.75) is 46.0 Å². The van der Waals surface area contributed by atoms with Crippen molar-refractivity contribution in [3.8, 4) is 0 Å². The topological polar surface area (TPSA) is 32.3 Å². The van der Waals surface area contributed by atoms with Crippen molar-refractivity contribution in [3.63, 3.8) is 0 Å². The van der Waals surface area contributed by atoms with Crippen molar-refractivity contribution < 1.29 is 4.79 Å². The van der Waals surface area contributed by atoms with Gasteiger partial charge in [-0.05, 0) is 81.3 Å². The van der Waals surface area contributed by atoms with Crippen LogP contribution >= 0.6 is 0 Å². The van der Waals surface area contributed by atoms with Crippen molar-refractivity contribution in [1.29, 1.82) is 0 Å². The second kappa shape index (κ2) is 6.18. The van der Waals surface area contributed by atoms with E-state index in [0.29, 0.717) is 18.2 Å². The number of amides is 1. The van der Waals surface area contributed by atoms with Crippen LogP contribution in [0.2, 0.25) is 0 Å².